The number of methoxy groups -OCH3 is 1. The standard InChI is InChI=1S/C17H21NO5.C10H9NO4.C7H8BIO3.C6H13NO2/c1-17(2,3)23-15(21)9-8-11(19)10-14(20)12-6-4-5-7-13(12)16(18)22;11-10(15)7-4-2-1-3-6(7)8(12)5-9(13)14;1-12-5-2-3-7(9)6(4-5)8(10)11;1-6(2,3)9-5(8)4-7/h4-7H,8-10H2,1-3H3,(H2,18,22);1-4H,5H2,(H2,11,15)(H,13,14);2-4,10-11H,1H3;4,7H2,1-3H3. The number of Topliss-reactive ketones (excluding diaryl/α,β-unsaturated/α-hetero) is 3. The Hall–Kier alpha value is -5.51. The van der Waals surface area contributed by atoms with Crippen molar-refractivity contribution in [3.63, 3.8) is 0 Å². The monoisotopic (exact) mass is 935 g/mol. The van der Waals surface area contributed by atoms with E-state index >= 15 is 0 Å². The van der Waals surface area contributed by atoms with E-state index in [2.05, 4.69) is 0 Å². The molecule has 17 nitrogen and oxygen atoms in total. The molecule has 9 N–H and O–H groups in total. The summed E-state index contributed by atoms with van der Waals surface area (Å²) in [6.07, 6.45) is -1.20. The zero-order valence-electron chi connectivity index (χ0n) is 33.9. The van der Waals surface area contributed by atoms with Gasteiger partial charge in [-0.2, -0.15) is 0 Å². The van der Waals surface area contributed by atoms with Crippen LogP contribution in [0.15, 0.2) is 66.7 Å². The lowest BCUT2D eigenvalue weighted by molar-refractivity contribution is -0.155. The molecule has 0 atom stereocenters. The first kappa shape index (κ1) is 53.5. The van der Waals surface area contributed by atoms with Gasteiger partial charge in [0.1, 0.15) is 29.2 Å². The van der Waals surface area contributed by atoms with Crippen LogP contribution in [0.2, 0.25) is 0 Å². The highest BCUT2D eigenvalue weighted by Crippen LogP contribution is 2.15. The van der Waals surface area contributed by atoms with Crippen LogP contribution in [-0.2, 0) is 28.7 Å². The maximum absolute atomic E-state index is 12.1. The molecule has 3 aromatic rings. The first-order chi connectivity index (χ1) is 27.2. The van der Waals surface area contributed by atoms with E-state index < -0.39 is 60.1 Å². The number of ether oxygens (including phenoxy) is 3. The lowest BCUT2D eigenvalue weighted by Crippen LogP contribution is -2.32. The highest BCUT2D eigenvalue weighted by molar-refractivity contribution is 14.1. The molecule has 0 heterocycles. The number of carboxylic acid groups (broad SMARTS) is 1. The molecule has 19 heteroatoms. The number of ketones is 3. The Morgan fingerprint density at radius 1 is 0.661 bits per heavy atom. The molecule has 3 aromatic carbocycles. The molecule has 0 aliphatic carbocycles. The van der Waals surface area contributed by atoms with Gasteiger partial charge in [0.2, 0.25) is 11.8 Å². The van der Waals surface area contributed by atoms with Gasteiger partial charge in [0.15, 0.2) is 11.6 Å². The van der Waals surface area contributed by atoms with Crippen molar-refractivity contribution in [2.45, 2.75) is 78.4 Å². The Labute approximate surface area is 356 Å². The predicted molar refractivity (Wildman–Crippen MR) is 226 cm³/mol. The maximum Gasteiger partial charge on any atom is 0.489 e. The number of rotatable bonds is 14. The van der Waals surface area contributed by atoms with Gasteiger partial charge in [-0.05, 0) is 99.9 Å². The van der Waals surface area contributed by atoms with E-state index in [9.17, 15) is 38.4 Å². The molecule has 0 aromatic heterocycles. The maximum atomic E-state index is 12.1. The van der Waals surface area contributed by atoms with Crippen molar-refractivity contribution in [2.75, 3.05) is 13.7 Å². The van der Waals surface area contributed by atoms with Gasteiger partial charge in [-0.15, -0.1) is 0 Å². The summed E-state index contributed by atoms with van der Waals surface area (Å²) in [4.78, 5) is 89.9. The summed E-state index contributed by atoms with van der Waals surface area (Å²) in [5, 5.41) is 26.3. The lowest BCUT2D eigenvalue weighted by Gasteiger charge is -2.19. The van der Waals surface area contributed by atoms with E-state index in [0.717, 1.165) is 3.57 Å². The summed E-state index contributed by atoms with van der Waals surface area (Å²) in [5.41, 5.74) is 15.0. The Morgan fingerprint density at radius 3 is 1.44 bits per heavy atom. The van der Waals surface area contributed by atoms with Crippen molar-refractivity contribution >= 4 is 82.2 Å². The quantitative estimate of drug-likeness (QED) is 0.0445. The Bertz CT molecular complexity index is 1960. The molecule has 0 saturated carbocycles. The first-order valence-electron chi connectivity index (χ1n) is 17.6. The molecular weight excluding hydrogens is 884 g/mol. The van der Waals surface area contributed by atoms with Gasteiger partial charge in [-0.1, -0.05) is 36.4 Å². The zero-order chi connectivity index (χ0) is 45.7. The molecule has 320 valence electrons. The summed E-state index contributed by atoms with van der Waals surface area (Å²) in [5.74, 6) is -4.44. The molecular formula is C40H51BIN3O14. The van der Waals surface area contributed by atoms with Crippen LogP contribution in [0.3, 0.4) is 0 Å². The molecule has 2 amide bonds. The number of carbonyl (C=O) groups is 8. The Balaban J connectivity index is 0.000000809. The van der Waals surface area contributed by atoms with E-state index in [1.165, 1.54) is 31.4 Å². The number of carboxylic acids is 1. The fourth-order valence-corrected chi connectivity index (χ4v) is 4.96. The van der Waals surface area contributed by atoms with Gasteiger partial charge in [0.05, 0.1) is 26.5 Å². The van der Waals surface area contributed by atoms with Crippen molar-refractivity contribution in [3.8, 4) is 5.75 Å². The smallest absolute Gasteiger partial charge is 0.489 e. The molecule has 0 aliphatic heterocycles. The summed E-state index contributed by atoms with van der Waals surface area (Å²) in [6, 6.07) is 17.1. The summed E-state index contributed by atoms with van der Waals surface area (Å²) >= 11 is 2.03. The van der Waals surface area contributed by atoms with E-state index in [4.69, 9.17) is 46.6 Å². The number of nitrogens with two attached hydrogens (primary N) is 3. The number of aliphatic carboxylic acids is 1. The number of hydrogen-bond acceptors (Lipinski definition) is 14. The molecule has 0 fully saturated rings. The van der Waals surface area contributed by atoms with Gasteiger partial charge in [0, 0.05) is 32.2 Å². The van der Waals surface area contributed by atoms with Gasteiger partial charge in [-0.3, -0.25) is 38.4 Å². The van der Waals surface area contributed by atoms with Gasteiger partial charge in [-0.25, -0.2) is 0 Å². The van der Waals surface area contributed by atoms with E-state index in [1.807, 2.05) is 22.6 Å². The second-order valence-corrected chi connectivity index (χ2v) is 15.3. The highest BCUT2D eigenvalue weighted by Gasteiger charge is 2.21. The van der Waals surface area contributed by atoms with Crippen molar-refractivity contribution in [3.05, 3.63) is 92.6 Å². The molecule has 0 spiro atoms. The average molecular weight is 936 g/mol. The first-order valence-corrected chi connectivity index (χ1v) is 18.7. The SMILES string of the molecule is CC(C)(C)OC(=O)CCC(=O)CC(=O)c1ccccc1C(N)=O.CC(C)(C)OC(=O)CN.COc1ccc(I)c(B(O)O)c1.NC(=O)c1ccccc1C(=O)CC(=O)O. The van der Waals surface area contributed by atoms with Crippen molar-refractivity contribution in [1.29, 1.82) is 0 Å². The van der Waals surface area contributed by atoms with Crippen LogP contribution in [0.1, 0.15) is 109 Å². The minimum atomic E-state index is -1.44. The van der Waals surface area contributed by atoms with E-state index in [-0.39, 0.29) is 59.8 Å². The van der Waals surface area contributed by atoms with Crippen LogP contribution in [0.25, 0.3) is 0 Å². The highest BCUT2D eigenvalue weighted by atomic mass is 127. The van der Waals surface area contributed by atoms with Crippen molar-refractivity contribution in [2.24, 2.45) is 17.2 Å². The number of benzene rings is 3. The molecule has 0 radical (unpaired) electrons. The average Bonchev–Trinajstić information content (AvgIpc) is 3.13. The normalized spacial score (nSPS) is 10.4. The number of hydrogen-bond donors (Lipinski definition) is 6. The van der Waals surface area contributed by atoms with Gasteiger partial charge >= 0.3 is 25.0 Å². The van der Waals surface area contributed by atoms with Gasteiger partial charge in [0.25, 0.3) is 0 Å². The second kappa shape index (κ2) is 25.8. The zero-order valence-corrected chi connectivity index (χ0v) is 36.1. The minimum Gasteiger partial charge on any atom is -0.497 e. The Kier molecular flexibility index (Phi) is 23.4. The van der Waals surface area contributed by atoms with Gasteiger partial charge < -0.3 is 46.6 Å². The van der Waals surface area contributed by atoms with Crippen LogP contribution in [0.5, 0.6) is 5.75 Å². The van der Waals surface area contributed by atoms with Crippen LogP contribution in [-0.4, -0.2) is 94.2 Å². The largest absolute Gasteiger partial charge is 0.497 e. The van der Waals surface area contributed by atoms with Crippen molar-refractivity contribution in [1.82, 2.24) is 0 Å². The fourth-order valence-electron chi connectivity index (χ4n) is 4.34. The molecule has 0 aliphatic rings. The lowest BCUT2D eigenvalue weighted by atomic mass is 9.80. The fraction of sp³-hybridized carbons (Fsp3) is 0.350. The third-order valence-corrected chi connectivity index (χ3v) is 7.73. The van der Waals surface area contributed by atoms with E-state index in [0.29, 0.717) is 11.2 Å². The Morgan fingerprint density at radius 2 is 1.08 bits per heavy atom. The number of halogens is 1. The van der Waals surface area contributed by atoms with Crippen molar-refractivity contribution < 1.29 is 67.7 Å². The summed E-state index contributed by atoms with van der Waals surface area (Å²) < 4.78 is 15.7. The summed E-state index contributed by atoms with van der Waals surface area (Å²) in [6.45, 7) is 10.6. The number of esters is 2. The van der Waals surface area contributed by atoms with E-state index in [1.54, 1.807) is 84.0 Å². The molecule has 3 rings (SSSR count). The van der Waals surface area contributed by atoms with Crippen LogP contribution in [0.4, 0.5) is 0 Å². The third kappa shape index (κ3) is 22.9. The minimum absolute atomic E-state index is 0.0444. The second-order valence-electron chi connectivity index (χ2n) is 14.1. The van der Waals surface area contributed by atoms with Crippen LogP contribution >= 0.6 is 22.6 Å². The predicted octanol–water partition coefficient (Wildman–Crippen LogP) is 2.76. The third-order valence-electron chi connectivity index (χ3n) is 6.75. The number of amides is 2. The molecule has 59 heavy (non-hydrogen) atoms. The molecule has 0 saturated heterocycles. The number of primary amides is 2. The van der Waals surface area contributed by atoms with Crippen LogP contribution in [0, 0.1) is 3.57 Å². The topological polar surface area (TPSA) is 303 Å². The number of carbonyl (C=O) groups excluding carboxylic acids is 7. The van der Waals surface area contributed by atoms with Crippen LogP contribution < -0.4 is 27.4 Å². The molecule has 0 bridgehead atoms. The molecule has 0 unspecified atom stereocenters. The summed E-state index contributed by atoms with van der Waals surface area (Å²) in [7, 11) is 0.0995.